The van der Waals surface area contributed by atoms with Crippen LogP contribution >= 0.6 is 0 Å². The number of fused-ring (bicyclic) bond motifs is 2. The van der Waals surface area contributed by atoms with Gasteiger partial charge in [0.1, 0.15) is 12.2 Å². The van der Waals surface area contributed by atoms with E-state index < -0.39 is 41.6 Å². The third-order valence-corrected chi connectivity index (χ3v) is 5.95. The predicted molar refractivity (Wildman–Crippen MR) is 92.7 cm³/mol. The van der Waals surface area contributed by atoms with Crippen molar-refractivity contribution in [2.45, 2.75) is 46.0 Å². The highest BCUT2D eigenvalue weighted by Gasteiger charge is 2.64. The molecular weight excluding hydrogens is 336 g/mol. The molecule has 0 amide bonds. The number of aliphatic hydroxyl groups is 1. The van der Waals surface area contributed by atoms with E-state index in [1.807, 2.05) is 6.92 Å². The Kier molecular flexibility index (Phi) is 4.43. The molecule has 0 aromatic rings. The zero-order chi connectivity index (χ0) is 19.4. The molecule has 1 aliphatic heterocycles. The number of allylic oxidation sites excluding steroid dienone is 3. The number of ketones is 1. The van der Waals surface area contributed by atoms with Crippen molar-refractivity contribution in [1.29, 1.82) is 0 Å². The first kappa shape index (κ1) is 18.6. The maximum absolute atomic E-state index is 12.8. The van der Waals surface area contributed by atoms with Crippen LogP contribution in [0.4, 0.5) is 0 Å². The van der Waals surface area contributed by atoms with Crippen LogP contribution in [0.5, 0.6) is 0 Å². The summed E-state index contributed by atoms with van der Waals surface area (Å²) in [5.74, 6) is -2.88. The molecule has 0 spiro atoms. The average Bonchev–Trinajstić information content (AvgIpc) is 2.99. The van der Waals surface area contributed by atoms with Gasteiger partial charge in [-0.25, -0.2) is 9.59 Å². The molecule has 2 aliphatic carbocycles. The van der Waals surface area contributed by atoms with E-state index in [2.05, 4.69) is 6.58 Å². The molecule has 2 fully saturated rings. The lowest BCUT2D eigenvalue weighted by Gasteiger charge is -2.39. The van der Waals surface area contributed by atoms with Crippen molar-refractivity contribution >= 4 is 17.7 Å². The number of hydrogen-bond donors (Lipinski definition) is 1. The fourth-order valence-electron chi connectivity index (χ4n) is 4.51. The topological polar surface area (TPSA) is 89.9 Å². The van der Waals surface area contributed by atoms with E-state index in [1.54, 1.807) is 26.8 Å². The minimum absolute atomic E-state index is 0.123. The molecule has 1 saturated heterocycles. The minimum Gasteiger partial charge on any atom is -0.457 e. The predicted octanol–water partition coefficient (Wildman–Crippen LogP) is 1.73. The molecule has 140 valence electrons. The molecule has 7 atom stereocenters. The van der Waals surface area contributed by atoms with Gasteiger partial charge in [-0.1, -0.05) is 25.2 Å². The molecule has 0 radical (unpaired) electrons. The Morgan fingerprint density at radius 2 is 2.04 bits per heavy atom. The van der Waals surface area contributed by atoms with Gasteiger partial charge in [0.2, 0.25) is 0 Å². The molecule has 6 nitrogen and oxygen atoms in total. The zero-order valence-corrected chi connectivity index (χ0v) is 15.4. The Bertz CT molecular complexity index is 743. The number of hydrogen-bond acceptors (Lipinski definition) is 6. The SMILES string of the molecule is C=C1C(=O)O[C@@H]2[C@H](O)[C@@H](C)[C@H]3C=CC(=O)[C@]3(C)[C@H](OC(=O)C=C(C)C)[C@@H]12. The van der Waals surface area contributed by atoms with Crippen molar-refractivity contribution in [1.82, 2.24) is 0 Å². The summed E-state index contributed by atoms with van der Waals surface area (Å²) in [5, 5.41) is 10.8. The lowest BCUT2D eigenvalue weighted by atomic mass is 9.67. The average molecular weight is 360 g/mol. The second-order valence-corrected chi connectivity index (χ2v) is 7.88. The van der Waals surface area contributed by atoms with Gasteiger partial charge in [0, 0.05) is 11.6 Å². The fourth-order valence-corrected chi connectivity index (χ4v) is 4.51. The van der Waals surface area contributed by atoms with Crippen LogP contribution in [0.2, 0.25) is 0 Å². The summed E-state index contributed by atoms with van der Waals surface area (Å²) in [6.07, 6.45) is 1.72. The normalized spacial score (nSPS) is 41.2. The van der Waals surface area contributed by atoms with E-state index in [0.29, 0.717) is 0 Å². The molecular formula is C20H24O6. The maximum atomic E-state index is 12.8. The highest BCUT2D eigenvalue weighted by atomic mass is 16.6. The highest BCUT2D eigenvalue weighted by molar-refractivity contribution is 5.99. The van der Waals surface area contributed by atoms with E-state index >= 15 is 0 Å². The van der Waals surface area contributed by atoms with Crippen molar-refractivity contribution in [3.63, 3.8) is 0 Å². The van der Waals surface area contributed by atoms with Gasteiger partial charge in [-0.15, -0.1) is 0 Å². The monoisotopic (exact) mass is 360 g/mol. The number of aliphatic hydroxyl groups excluding tert-OH is 1. The standard InChI is InChI=1S/C20H24O6/c1-9(2)8-14(22)25-18-15-11(4)19(24)26-17(15)16(23)10(3)12-6-7-13(21)20(12,18)5/h6-8,10,12,15-18,23H,4H2,1-3,5H3/t10-,12+,15-,16+,17-,18+,20+/m0/s1. The zero-order valence-electron chi connectivity index (χ0n) is 15.4. The largest absolute Gasteiger partial charge is 0.457 e. The number of carbonyl (C=O) groups is 3. The number of carbonyl (C=O) groups excluding carboxylic acids is 3. The lowest BCUT2D eigenvalue weighted by molar-refractivity contribution is -0.160. The fraction of sp³-hybridized carbons (Fsp3) is 0.550. The van der Waals surface area contributed by atoms with Gasteiger partial charge in [-0.05, 0) is 38.7 Å². The smallest absolute Gasteiger partial charge is 0.334 e. The Labute approximate surface area is 152 Å². The summed E-state index contributed by atoms with van der Waals surface area (Å²) in [5.41, 5.74) is -0.219. The summed E-state index contributed by atoms with van der Waals surface area (Å²) < 4.78 is 11.1. The van der Waals surface area contributed by atoms with Crippen molar-refractivity contribution in [2.24, 2.45) is 23.2 Å². The van der Waals surface area contributed by atoms with Gasteiger partial charge in [0.25, 0.3) is 0 Å². The Morgan fingerprint density at radius 1 is 1.38 bits per heavy atom. The number of rotatable bonds is 2. The highest BCUT2D eigenvalue weighted by Crippen LogP contribution is 2.54. The molecule has 1 heterocycles. The molecule has 1 N–H and O–H groups in total. The second kappa shape index (κ2) is 6.20. The lowest BCUT2D eigenvalue weighted by Crippen LogP contribution is -2.49. The van der Waals surface area contributed by atoms with Crippen LogP contribution < -0.4 is 0 Å². The van der Waals surface area contributed by atoms with E-state index in [0.717, 1.165) is 5.57 Å². The molecule has 0 aromatic carbocycles. The summed E-state index contributed by atoms with van der Waals surface area (Å²) >= 11 is 0. The van der Waals surface area contributed by atoms with Gasteiger partial charge in [-0.2, -0.15) is 0 Å². The molecule has 26 heavy (non-hydrogen) atoms. The van der Waals surface area contributed by atoms with Crippen LogP contribution in [0, 0.1) is 23.2 Å². The van der Waals surface area contributed by atoms with Crippen LogP contribution in [0.15, 0.2) is 36.0 Å². The molecule has 3 rings (SSSR count). The first-order valence-corrected chi connectivity index (χ1v) is 8.75. The van der Waals surface area contributed by atoms with Gasteiger partial charge in [0.05, 0.1) is 17.4 Å². The summed E-state index contributed by atoms with van der Waals surface area (Å²) in [7, 11) is 0. The minimum atomic E-state index is -1.10. The Morgan fingerprint density at radius 3 is 2.65 bits per heavy atom. The van der Waals surface area contributed by atoms with Crippen LogP contribution in [-0.4, -0.2) is 41.1 Å². The van der Waals surface area contributed by atoms with E-state index in [9.17, 15) is 19.5 Å². The molecule has 1 saturated carbocycles. The molecule has 6 heteroatoms. The number of esters is 2. The molecule has 0 unspecified atom stereocenters. The van der Waals surface area contributed by atoms with Crippen LogP contribution in [0.3, 0.4) is 0 Å². The Hall–Kier alpha value is -2.21. The van der Waals surface area contributed by atoms with E-state index in [1.165, 1.54) is 12.2 Å². The van der Waals surface area contributed by atoms with Gasteiger partial charge in [0.15, 0.2) is 5.78 Å². The third kappa shape index (κ3) is 2.55. The van der Waals surface area contributed by atoms with E-state index in [4.69, 9.17) is 9.47 Å². The van der Waals surface area contributed by atoms with Crippen molar-refractivity contribution < 1.29 is 29.0 Å². The van der Waals surface area contributed by atoms with Gasteiger partial charge in [-0.3, -0.25) is 4.79 Å². The van der Waals surface area contributed by atoms with Gasteiger partial charge < -0.3 is 14.6 Å². The summed E-state index contributed by atoms with van der Waals surface area (Å²) in [4.78, 5) is 37.3. The van der Waals surface area contributed by atoms with Crippen molar-refractivity contribution in [3.05, 3.63) is 36.0 Å². The van der Waals surface area contributed by atoms with Gasteiger partial charge >= 0.3 is 11.9 Å². The van der Waals surface area contributed by atoms with E-state index in [-0.39, 0.29) is 23.2 Å². The van der Waals surface area contributed by atoms with Crippen molar-refractivity contribution in [2.75, 3.05) is 0 Å². The maximum Gasteiger partial charge on any atom is 0.334 e. The Balaban J connectivity index is 2.12. The summed E-state index contributed by atoms with van der Waals surface area (Å²) in [6.45, 7) is 10.8. The molecule has 3 aliphatic rings. The first-order chi connectivity index (χ1) is 12.1. The molecule has 0 bridgehead atoms. The second-order valence-electron chi connectivity index (χ2n) is 7.88. The number of ether oxygens (including phenoxy) is 2. The quantitative estimate of drug-likeness (QED) is 0.596. The first-order valence-electron chi connectivity index (χ1n) is 8.75. The molecule has 0 aromatic heterocycles. The summed E-state index contributed by atoms with van der Waals surface area (Å²) in [6, 6.07) is 0. The van der Waals surface area contributed by atoms with Crippen molar-refractivity contribution in [3.8, 4) is 0 Å². The third-order valence-electron chi connectivity index (χ3n) is 5.95. The van der Waals surface area contributed by atoms with Crippen LogP contribution in [-0.2, 0) is 23.9 Å². The van der Waals surface area contributed by atoms with Crippen LogP contribution in [0.25, 0.3) is 0 Å². The van der Waals surface area contributed by atoms with Crippen LogP contribution in [0.1, 0.15) is 27.7 Å².